The number of hydrogen-bond acceptors (Lipinski definition) is 1. The first-order valence-corrected chi connectivity index (χ1v) is 6.41. The summed E-state index contributed by atoms with van der Waals surface area (Å²) in [6.45, 7) is 7.82. The third-order valence-corrected chi connectivity index (χ3v) is 5.30. The fourth-order valence-electron chi connectivity index (χ4n) is 6.72. The van der Waals surface area contributed by atoms with Crippen LogP contribution in [-0.4, -0.2) is 11.7 Å². The van der Waals surface area contributed by atoms with Crippen molar-refractivity contribution in [3.63, 3.8) is 0 Å². The van der Waals surface area contributed by atoms with E-state index in [1.54, 1.807) is 0 Å². The Kier molecular flexibility index (Phi) is 1.65. The van der Waals surface area contributed by atoms with E-state index in [1.807, 2.05) is 0 Å². The van der Waals surface area contributed by atoms with Crippen molar-refractivity contribution in [1.29, 1.82) is 0 Å². The number of aliphatic hydroxyl groups is 1. The average molecular weight is 208 g/mol. The lowest BCUT2D eigenvalue weighted by Gasteiger charge is -2.68. The molecule has 0 amide bonds. The van der Waals surface area contributed by atoms with Crippen LogP contribution >= 0.6 is 0 Å². The van der Waals surface area contributed by atoms with E-state index in [4.69, 9.17) is 0 Å². The quantitative estimate of drug-likeness (QED) is 0.700. The second kappa shape index (κ2) is 2.45. The summed E-state index contributed by atoms with van der Waals surface area (Å²) in [6.07, 6.45) is 8.04. The summed E-state index contributed by atoms with van der Waals surface area (Å²) in [5.41, 5.74) is 1.87. The molecule has 86 valence electrons. The molecule has 0 heterocycles. The van der Waals surface area contributed by atoms with Crippen molar-refractivity contribution in [3.05, 3.63) is 0 Å². The Hall–Kier alpha value is -0.0400. The van der Waals surface area contributed by atoms with Crippen LogP contribution in [0.3, 0.4) is 0 Å². The molecule has 0 saturated heterocycles. The molecule has 4 rings (SSSR count). The Bertz CT molecular complexity index is 253. The maximum atomic E-state index is 9.77. The van der Waals surface area contributed by atoms with E-state index in [2.05, 4.69) is 20.8 Å². The highest BCUT2D eigenvalue weighted by atomic mass is 16.3. The molecule has 15 heavy (non-hydrogen) atoms. The summed E-state index contributed by atoms with van der Waals surface area (Å²) in [7, 11) is 0. The van der Waals surface area contributed by atoms with Gasteiger partial charge in [0.2, 0.25) is 0 Å². The first-order chi connectivity index (χ1) is 6.80. The second-order valence-electron chi connectivity index (χ2n) is 8.15. The highest BCUT2D eigenvalue weighted by Crippen LogP contribution is 2.73. The molecule has 0 radical (unpaired) electrons. The van der Waals surface area contributed by atoms with Gasteiger partial charge in [0.1, 0.15) is 0 Å². The minimum atomic E-state index is 0.285. The standard InChI is InChI=1S/C14H24O/c1-11-4-12(2)6-13(3,5-11)9-14(7-11,8-12)10-15/h15H,4-10H2,1-3H3. The zero-order chi connectivity index (χ0) is 10.9. The first-order valence-electron chi connectivity index (χ1n) is 6.41. The molecule has 4 fully saturated rings. The van der Waals surface area contributed by atoms with Crippen molar-refractivity contribution in [2.45, 2.75) is 59.3 Å². The Balaban J connectivity index is 2.06. The Labute approximate surface area is 93.3 Å². The highest BCUT2D eigenvalue weighted by Gasteiger charge is 2.63. The smallest absolute Gasteiger partial charge is 0.0488 e. The molecule has 0 spiro atoms. The van der Waals surface area contributed by atoms with Gasteiger partial charge in [-0.25, -0.2) is 0 Å². The van der Waals surface area contributed by atoms with E-state index >= 15 is 0 Å². The van der Waals surface area contributed by atoms with Crippen LogP contribution in [0.25, 0.3) is 0 Å². The molecule has 0 aromatic carbocycles. The van der Waals surface area contributed by atoms with Gasteiger partial charge < -0.3 is 5.11 Å². The summed E-state index contributed by atoms with van der Waals surface area (Å²) in [6, 6.07) is 0. The summed E-state index contributed by atoms with van der Waals surface area (Å²) in [5.74, 6) is 0. The van der Waals surface area contributed by atoms with Gasteiger partial charge in [0.15, 0.2) is 0 Å². The molecule has 4 aliphatic carbocycles. The maximum Gasteiger partial charge on any atom is 0.0488 e. The first kappa shape index (κ1) is 10.1. The third kappa shape index (κ3) is 1.32. The van der Waals surface area contributed by atoms with Gasteiger partial charge in [-0.1, -0.05) is 20.8 Å². The topological polar surface area (TPSA) is 20.2 Å². The molecule has 4 aliphatic rings. The third-order valence-electron chi connectivity index (χ3n) is 5.30. The van der Waals surface area contributed by atoms with Crippen molar-refractivity contribution < 1.29 is 5.11 Å². The Morgan fingerprint density at radius 3 is 1.33 bits per heavy atom. The van der Waals surface area contributed by atoms with Gasteiger partial charge in [-0.05, 0) is 60.2 Å². The maximum absolute atomic E-state index is 9.77. The van der Waals surface area contributed by atoms with Gasteiger partial charge in [-0.15, -0.1) is 0 Å². The fourth-order valence-corrected chi connectivity index (χ4v) is 6.72. The van der Waals surface area contributed by atoms with E-state index in [-0.39, 0.29) is 5.41 Å². The number of rotatable bonds is 1. The van der Waals surface area contributed by atoms with Crippen molar-refractivity contribution in [2.24, 2.45) is 21.7 Å². The van der Waals surface area contributed by atoms with E-state index < -0.39 is 0 Å². The summed E-state index contributed by atoms with van der Waals surface area (Å²) in [5, 5.41) is 9.77. The summed E-state index contributed by atoms with van der Waals surface area (Å²) in [4.78, 5) is 0. The van der Waals surface area contributed by atoms with Crippen molar-refractivity contribution >= 4 is 0 Å². The minimum absolute atomic E-state index is 0.285. The van der Waals surface area contributed by atoms with Gasteiger partial charge >= 0.3 is 0 Å². The van der Waals surface area contributed by atoms with Crippen LogP contribution in [0, 0.1) is 21.7 Å². The highest BCUT2D eigenvalue weighted by molar-refractivity contribution is 5.13. The van der Waals surface area contributed by atoms with Gasteiger partial charge in [0.05, 0.1) is 0 Å². The van der Waals surface area contributed by atoms with E-state index in [9.17, 15) is 5.11 Å². The zero-order valence-corrected chi connectivity index (χ0v) is 10.4. The zero-order valence-electron chi connectivity index (χ0n) is 10.4. The molecule has 1 heteroatoms. The van der Waals surface area contributed by atoms with Gasteiger partial charge in [0, 0.05) is 6.61 Å². The van der Waals surface area contributed by atoms with Gasteiger partial charge in [0.25, 0.3) is 0 Å². The predicted octanol–water partition coefficient (Wildman–Crippen LogP) is 3.37. The van der Waals surface area contributed by atoms with E-state index in [1.165, 1.54) is 38.5 Å². The number of hydrogen-bond donors (Lipinski definition) is 1. The fraction of sp³-hybridized carbons (Fsp3) is 1.00. The predicted molar refractivity (Wildman–Crippen MR) is 61.5 cm³/mol. The monoisotopic (exact) mass is 208 g/mol. The van der Waals surface area contributed by atoms with Crippen LogP contribution in [0.15, 0.2) is 0 Å². The van der Waals surface area contributed by atoms with E-state index in [0.717, 1.165) is 0 Å². The molecule has 1 N–H and O–H groups in total. The van der Waals surface area contributed by atoms with Gasteiger partial charge in [-0.3, -0.25) is 0 Å². The Morgan fingerprint density at radius 1 is 0.733 bits per heavy atom. The summed E-state index contributed by atoms with van der Waals surface area (Å²) < 4.78 is 0. The molecule has 4 saturated carbocycles. The minimum Gasteiger partial charge on any atom is -0.396 e. The normalized spacial score (nSPS) is 62.4. The van der Waals surface area contributed by atoms with Crippen molar-refractivity contribution in [2.75, 3.05) is 6.61 Å². The van der Waals surface area contributed by atoms with Crippen molar-refractivity contribution in [1.82, 2.24) is 0 Å². The van der Waals surface area contributed by atoms with Crippen LogP contribution in [0.5, 0.6) is 0 Å². The SMILES string of the molecule is CC12CC3(C)CC(C)(C1)CC(CO)(C2)C3. The summed E-state index contributed by atoms with van der Waals surface area (Å²) >= 11 is 0. The average Bonchev–Trinajstić information content (AvgIpc) is 1.94. The lowest BCUT2D eigenvalue weighted by atomic mass is 9.36. The molecule has 0 unspecified atom stereocenters. The molecule has 0 aromatic heterocycles. The van der Waals surface area contributed by atoms with Crippen LogP contribution < -0.4 is 0 Å². The molecule has 0 aromatic rings. The van der Waals surface area contributed by atoms with Crippen LogP contribution in [0.1, 0.15) is 59.3 Å². The lowest BCUT2D eigenvalue weighted by molar-refractivity contribution is -0.195. The van der Waals surface area contributed by atoms with Crippen molar-refractivity contribution in [3.8, 4) is 0 Å². The Morgan fingerprint density at radius 2 is 1.07 bits per heavy atom. The molecular formula is C14H24O. The van der Waals surface area contributed by atoms with Crippen LogP contribution in [0.2, 0.25) is 0 Å². The molecular weight excluding hydrogens is 184 g/mol. The molecule has 1 nitrogen and oxygen atoms in total. The van der Waals surface area contributed by atoms with Crippen LogP contribution in [-0.2, 0) is 0 Å². The number of aliphatic hydroxyl groups excluding tert-OH is 1. The van der Waals surface area contributed by atoms with Crippen LogP contribution in [0.4, 0.5) is 0 Å². The molecule has 0 aliphatic heterocycles. The molecule has 0 atom stereocenters. The largest absolute Gasteiger partial charge is 0.396 e. The molecule has 4 bridgehead atoms. The van der Waals surface area contributed by atoms with Gasteiger partial charge in [-0.2, -0.15) is 0 Å². The lowest BCUT2D eigenvalue weighted by Crippen LogP contribution is -2.59. The second-order valence-corrected chi connectivity index (χ2v) is 8.15. The van der Waals surface area contributed by atoms with E-state index in [0.29, 0.717) is 22.9 Å².